The first kappa shape index (κ1) is 21.2. The van der Waals surface area contributed by atoms with Gasteiger partial charge in [-0.25, -0.2) is 13.9 Å². The molecule has 1 heterocycles. The van der Waals surface area contributed by atoms with Crippen molar-refractivity contribution in [1.29, 1.82) is 0 Å². The van der Waals surface area contributed by atoms with Gasteiger partial charge in [-0.2, -0.15) is 0 Å². The highest BCUT2D eigenvalue weighted by Crippen LogP contribution is 2.06. The lowest BCUT2D eigenvalue weighted by Crippen LogP contribution is -2.30. The van der Waals surface area contributed by atoms with Gasteiger partial charge >= 0.3 is 13.2 Å². The zero-order valence-corrected chi connectivity index (χ0v) is 13.3. The molecular formula is C14H23BF4N2O2. The van der Waals surface area contributed by atoms with E-state index < -0.39 is 7.25 Å². The van der Waals surface area contributed by atoms with E-state index in [-0.39, 0.29) is 5.97 Å². The van der Waals surface area contributed by atoms with E-state index in [1.807, 2.05) is 0 Å². The van der Waals surface area contributed by atoms with Gasteiger partial charge in [0.2, 0.25) is 6.33 Å². The van der Waals surface area contributed by atoms with Crippen molar-refractivity contribution < 1.29 is 31.4 Å². The Balaban J connectivity index is 0.000000841. The Morgan fingerprint density at radius 1 is 1.26 bits per heavy atom. The van der Waals surface area contributed by atoms with Gasteiger partial charge in [0.25, 0.3) is 0 Å². The van der Waals surface area contributed by atoms with E-state index in [1.165, 1.54) is 6.08 Å². The number of hydrogen-bond donors (Lipinski definition) is 0. The molecule has 4 nitrogen and oxygen atoms in total. The van der Waals surface area contributed by atoms with E-state index in [1.54, 1.807) is 0 Å². The van der Waals surface area contributed by atoms with Crippen molar-refractivity contribution in [2.24, 2.45) is 0 Å². The maximum Gasteiger partial charge on any atom is 0.673 e. The van der Waals surface area contributed by atoms with Gasteiger partial charge in [0.05, 0.1) is 19.7 Å². The molecule has 0 aliphatic heterocycles. The zero-order valence-electron chi connectivity index (χ0n) is 13.3. The molecule has 0 aromatic carbocycles. The van der Waals surface area contributed by atoms with E-state index in [0.717, 1.165) is 38.8 Å². The minimum Gasteiger partial charge on any atom is -0.463 e. The average molecular weight is 338 g/mol. The first-order valence-electron chi connectivity index (χ1n) is 7.47. The molecule has 0 aliphatic carbocycles. The fraction of sp³-hybridized carbons (Fsp3) is 0.571. The molecule has 0 aliphatic rings. The van der Waals surface area contributed by atoms with Crippen molar-refractivity contribution in [2.45, 2.75) is 45.7 Å². The molecule has 132 valence electrons. The van der Waals surface area contributed by atoms with Gasteiger partial charge in [0, 0.05) is 6.08 Å². The minimum absolute atomic E-state index is 0.327. The molecular weight excluding hydrogens is 315 g/mol. The number of aryl methyl sites for hydroxylation is 2. The van der Waals surface area contributed by atoms with E-state index in [2.05, 4.69) is 41.4 Å². The third-order valence-corrected chi connectivity index (χ3v) is 2.83. The van der Waals surface area contributed by atoms with Crippen molar-refractivity contribution in [3.05, 3.63) is 31.4 Å². The Hall–Kier alpha value is -1.80. The van der Waals surface area contributed by atoms with Crippen LogP contribution < -0.4 is 4.57 Å². The molecule has 0 N–H and O–H groups in total. The third kappa shape index (κ3) is 14.9. The van der Waals surface area contributed by atoms with Crippen LogP contribution >= 0.6 is 0 Å². The van der Waals surface area contributed by atoms with E-state index >= 15 is 0 Å². The number of nitrogens with zero attached hydrogens (tertiary/aromatic N) is 2. The summed E-state index contributed by atoms with van der Waals surface area (Å²) in [5.74, 6) is -0.327. The highest BCUT2D eigenvalue weighted by molar-refractivity contribution is 6.50. The quantitative estimate of drug-likeness (QED) is 0.173. The van der Waals surface area contributed by atoms with Crippen LogP contribution in [0, 0.1) is 0 Å². The predicted octanol–water partition coefficient (Wildman–Crippen LogP) is 3.39. The molecule has 0 saturated heterocycles. The smallest absolute Gasteiger partial charge is 0.463 e. The van der Waals surface area contributed by atoms with Crippen LogP contribution in [-0.4, -0.2) is 24.4 Å². The van der Waals surface area contributed by atoms with Crippen LogP contribution in [0.1, 0.15) is 32.6 Å². The van der Waals surface area contributed by atoms with Crippen molar-refractivity contribution in [2.75, 3.05) is 6.61 Å². The van der Waals surface area contributed by atoms with Gasteiger partial charge < -0.3 is 22.0 Å². The van der Waals surface area contributed by atoms with Crippen LogP contribution in [0.3, 0.4) is 0 Å². The maximum atomic E-state index is 10.8. The van der Waals surface area contributed by atoms with Crippen LogP contribution in [0.2, 0.25) is 0 Å². The van der Waals surface area contributed by atoms with Gasteiger partial charge in [-0.15, -0.1) is 0 Å². The summed E-state index contributed by atoms with van der Waals surface area (Å²) in [4.78, 5) is 10.8. The molecule has 0 spiro atoms. The van der Waals surface area contributed by atoms with E-state index in [4.69, 9.17) is 4.74 Å². The standard InChI is InChI=1S/C14H23N2O2.BF4/c1-3-14(17)18-12-8-6-5-7-9-16-11-10-15(4-2)13-16;2-1(3,4)5/h3,10-11,13H,1,4-9,12H2,2H3;/q+1;-1. The summed E-state index contributed by atoms with van der Waals surface area (Å²) in [6.07, 6.45) is 11.9. The second-order valence-electron chi connectivity index (χ2n) is 4.76. The van der Waals surface area contributed by atoms with Gasteiger partial charge in [0.15, 0.2) is 0 Å². The fourth-order valence-electron chi connectivity index (χ4n) is 1.74. The monoisotopic (exact) mass is 338 g/mol. The highest BCUT2D eigenvalue weighted by Gasteiger charge is 2.20. The molecule has 1 aromatic heterocycles. The molecule has 0 radical (unpaired) electrons. The molecule has 1 rings (SSSR count). The molecule has 0 fully saturated rings. The lowest BCUT2D eigenvalue weighted by Gasteiger charge is -2.01. The Labute approximate surface area is 133 Å². The number of imidazole rings is 1. The van der Waals surface area contributed by atoms with Crippen molar-refractivity contribution >= 4 is 13.2 Å². The second-order valence-corrected chi connectivity index (χ2v) is 4.76. The van der Waals surface area contributed by atoms with Crippen molar-refractivity contribution in [1.82, 2.24) is 4.57 Å². The summed E-state index contributed by atoms with van der Waals surface area (Å²) in [6, 6.07) is 0. The lowest BCUT2D eigenvalue weighted by molar-refractivity contribution is -0.696. The SMILES string of the molecule is C=CC(=O)OCCCCCC[n+]1ccn(CC)c1.F[B-](F)(F)F. The molecule has 0 saturated carbocycles. The van der Waals surface area contributed by atoms with Crippen molar-refractivity contribution in [3.63, 3.8) is 0 Å². The van der Waals surface area contributed by atoms with E-state index in [9.17, 15) is 22.1 Å². The van der Waals surface area contributed by atoms with Crippen LogP contribution in [0.5, 0.6) is 0 Å². The lowest BCUT2D eigenvalue weighted by atomic mass is 10.2. The normalized spacial score (nSPS) is 10.7. The molecule has 0 atom stereocenters. The number of aromatic nitrogens is 2. The summed E-state index contributed by atoms with van der Waals surface area (Å²) in [6.45, 7) is 8.06. The van der Waals surface area contributed by atoms with Gasteiger partial charge in [0.1, 0.15) is 12.4 Å². The van der Waals surface area contributed by atoms with Gasteiger partial charge in [-0.05, 0) is 32.6 Å². The number of ether oxygens (including phenoxy) is 1. The van der Waals surface area contributed by atoms with Gasteiger partial charge in [-0.3, -0.25) is 0 Å². The number of unbranched alkanes of at least 4 members (excludes halogenated alkanes) is 3. The number of rotatable bonds is 9. The average Bonchev–Trinajstić information content (AvgIpc) is 2.92. The molecule has 0 unspecified atom stereocenters. The molecule has 1 aromatic rings. The largest absolute Gasteiger partial charge is 0.673 e. The summed E-state index contributed by atoms with van der Waals surface area (Å²) in [7, 11) is -6.00. The van der Waals surface area contributed by atoms with Crippen molar-refractivity contribution in [3.8, 4) is 0 Å². The molecule has 0 bridgehead atoms. The molecule has 23 heavy (non-hydrogen) atoms. The van der Waals surface area contributed by atoms with Gasteiger partial charge in [-0.1, -0.05) is 6.58 Å². The summed E-state index contributed by atoms with van der Waals surface area (Å²) in [5, 5.41) is 0. The number of carbonyl (C=O) groups is 1. The maximum absolute atomic E-state index is 10.8. The second kappa shape index (κ2) is 11.7. The Morgan fingerprint density at radius 2 is 1.87 bits per heavy atom. The summed E-state index contributed by atoms with van der Waals surface area (Å²) in [5.41, 5.74) is 0. The van der Waals surface area contributed by atoms with E-state index in [0.29, 0.717) is 6.61 Å². The number of halogens is 4. The summed E-state index contributed by atoms with van der Waals surface area (Å²) >= 11 is 0. The number of esters is 1. The van der Waals surface area contributed by atoms with Crippen LogP contribution in [-0.2, 0) is 22.6 Å². The third-order valence-electron chi connectivity index (χ3n) is 2.83. The fourth-order valence-corrected chi connectivity index (χ4v) is 1.74. The zero-order chi connectivity index (χ0) is 17.7. The topological polar surface area (TPSA) is 35.1 Å². The van der Waals surface area contributed by atoms with Crippen LogP contribution in [0.15, 0.2) is 31.4 Å². The number of carbonyl (C=O) groups excluding carboxylic acids is 1. The Bertz CT molecular complexity index is 458. The highest BCUT2D eigenvalue weighted by atomic mass is 19.5. The Morgan fingerprint density at radius 3 is 2.39 bits per heavy atom. The van der Waals surface area contributed by atoms with Crippen LogP contribution in [0.25, 0.3) is 0 Å². The minimum atomic E-state index is -6.00. The Kier molecular flexibility index (Phi) is 10.8. The number of hydrogen-bond acceptors (Lipinski definition) is 2. The first-order chi connectivity index (χ1) is 10.8. The molecule has 9 heteroatoms. The van der Waals surface area contributed by atoms with Crippen LogP contribution in [0.4, 0.5) is 17.3 Å². The predicted molar refractivity (Wildman–Crippen MR) is 80.1 cm³/mol. The first-order valence-corrected chi connectivity index (χ1v) is 7.47. The summed E-state index contributed by atoms with van der Waals surface area (Å²) < 4.78 is 48.3. The molecule has 0 amide bonds.